The summed E-state index contributed by atoms with van der Waals surface area (Å²) in [7, 11) is 1.42. The summed E-state index contributed by atoms with van der Waals surface area (Å²) in [6, 6.07) is -0.229. The number of amides is 1. The van der Waals surface area contributed by atoms with Crippen LogP contribution in [0.15, 0.2) is 28.7 Å². The van der Waals surface area contributed by atoms with Crippen LogP contribution in [-0.4, -0.2) is 62.4 Å². The molecule has 3 aliphatic carbocycles. The van der Waals surface area contributed by atoms with Crippen LogP contribution in [0.25, 0.3) is 0 Å². The number of aliphatic hydroxyl groups is 3. The van der Waals surface area contributed by atoms with E-state index >= 15 is 0 Å². The second-order valence-corrected chi connectivity index (χ2v) is 8.80. The summed E-state index contributed by atoms with van der Waals surface area (Å²) in [6.45, 7) is 2.14. The number of fused-ring (bicyclic) bond motifs is 3. The van der Waals surface area contributed by atoms with Crippen molar-refractivity contribution < 1.29 is 44.0 Å². The summed E-state index contributed by atoms with van der Waals surface area (Å²) in [5.41, 5.74) is -4.79. The molecule has 34 heavy (non-hydrogen) atoms. The molecule has 1 aromatic rings. The maximum Gasteiger partial charge on any atom is 0.221 e. The summed E-state index contributed by atoms with van der Waals surface area (Å²) in [5.74, 6) is -8.94. The van der Waals surface area contributed by atoms with Gasteiger partial charge in [-0.2, -0.15) is 0 Å². The third-order valence-corrected chi connectivity index (χ3v) is 6.87. The number of aliphatic hydroxyl groups excluding tert-OH is 2. The highest BCUT2D eigenvalue weighted by Crippen LogP contribution is 2.52. The lowest BCUT2D eigenvalue weighted by Crippen LogP contribution is -2.63. The number of Topliss-reactive ketones (excluding diaryl/α,β-unsaturated/α-hetero) is 3. The van der Waals surface area contributed by atoms with Crippen LogP contribution >= 0.6 is 0 Å². The van der Waals surface area contributed by atoms with Gasteiger partial charge < -0.3 is 31.1 Å². The fraction of sp³-hybridized carbons (Fsp3) is 0.391. The van der Waals surface area contributed by atoms with E-state index in [-0.39, 0.29) is 24.1 Å². The zero-order valence-corrected chi connectivity index (χ0v) is 18.5. The maximum atomic E-state index is 14.9. The number of carbonyl (C=O) groups excluding carboxylic acids is 4. The van der Waals surface area contributed by atoms with E-state index in [0.29, 0.717) is 0 Å². The summed E-state index contributed by atoms with van der Waals surface area (Å²) in [5, 5.41) is 48.7. The molecule has 0 heterocycles. The number of allylic oxidation sites excluding steroid dienone is 1. The number of nitrogens with one attached hydrogen (secondary N) is 2. The summed E-state index contributed by atoms with van der Waals surface area (Å²) >= 11 is 0. The molecule has 3 aliphatic rings. The molecule has 0 bridgehead atoms. The Hall–Kier alpha value is -3.57. The minimum absolute atomic E-state index is 0.124. The highest BCUT2D eigenvalue weighted by Gasteiger charge is 2.62. The normalized spacial score (nSPS) is 28.3. The smallest absolute Gasteiger partial charge is 0.221 e. The number of anilines is 1. The molecule has 0 fully saturated rings. The van der Waals surface area contributed by atoms with E-state index in [1.54, 1.807) is 0 Å². The number of likely N-dealkylation sites (N-methyl/N-ethyl adjacent to an activating group) is 1. The molecule has 4 atom stereocenters. The molecule has 4 rings (SSSR count). The Morgan fingerprint density at radius 2 is 1.82 bits per heavy atom. The lowest BCUT2D eigenvalue weighted by atomic mass is 9.58. The molecule has 0 unspecified atom stereocenters. The molecule has 1 amide bonds. The average Bonchev–Trinajstić information content (AvgIpc) is 2.74. The first-order chi connectivity index (χ1) is 15.9. The van der Waals surface area contributed by atoms with Crippen molar-refractivity contribution in [2.45, 2.75) is 38.3 Å². The van der Waals surface area contributed by atoms with Crippen molar-refractivity contribution in [2.75, 3.05) is 12.4 Å². The minimum atomic E-state index is -2.71. The van der Waals surface area contributed by atoms with E-state index in [1.807, 2.05) is 0 Å². The van der Waals surface area contributed by atoms with Crippen molar-refractivity contribution >= 4 is 28.9 Å². The minimum Gasteiger partial charge on any atom is -0.510 e. The predicted molar refractivity (Wildman–Crippen MR) is 115 cm³/mol. The first-order valence-electron chi connectivity index (χ1n) is 10.5. The van der Waals surface area contributed by atoms with Gasteiger partial charge in [-0.3, -0.25) is 19.2 Å². The van der Waals surface area contributed by atoms with Crippen LogP contribution in [0, 0.1) is 17.7 Å². The summed E-state index contributed by atoms with van der Waals surface area (Å²) in [4.78, 5) is 50.0. The standard InChI is InChI=1S/C23H23FN2O8/c1-7(27)14-20(31)17(25-3)11-5-9-4-10-12(24)6-13(26-8(2)28)18(29)16(10)19(30)15(9)22(33)23(11,34)21(14)32/h6,9,11,17,25,29,31,33-34H,4-5H2,1-3H3,(H,26,28)/t9-,11-,17-,23+/m0/s1. The largest absolute Gasteiger partial charge is 0.510 e. The second kappa shape index (κ2) is 7.74. The highest BCUT2D eigenvalue weighted by molar-refractivity contribution is 6.25. The molecule has 0 aliphatic heterocycles. The van der Waals surface area contributed by atoms with Crippen molar-refractivity contribution in [1.82, 2.24) is 5.32 Å². The van der Waals surface area contributed by atoms with Crippen LogP contribution in [0.2, 0.25) is 0 Å². The van der Waals surface area contributed by atoms with Crippen molar-refractivity contribution in [3.05, 3.63) is 45.7 Å². The topological polar surface area (TPSA) is 173 Å². The van der Waals surface area contributed by atoms with Crippen molar-refractivity contribution in [3.8, 4) is 5.75 Å². The molecular weight excluding hydrogens is 451 g/mol. The number of benzene rings is 1. The zero-order chi connectivity index (χ0) is 25.3. The Bertz CT molecular complexity index is 1250. The van der Waals surface area contributed by atoms with E-state index in [4.69, 9.17) is 0 Å². The molecule has 180 valence electrons. The van der Waals surface area contributed by atoms with Gasteiger partial charge in [0.1, 0.15) is 22.9 Å². The number of halogens is 1. The van der Waals surface area contributed by atoms with Crippen LogP contribution < -0.4 is 10.6 Å². The Balaban J connectivity index is 1.94. The van der Waals surface area contributed by atoms with E-state index in [2.05, 4.69) is 10.6 Å². The molecular formula is C23H23FN2O8. The third kappa shape index (κ3) is 3.00. The number of ketones is 3. The Morgan fingerprint density at radius 3 is 2.38 bits per heavy atom. The van der Waals surface area contributed by atoms with Crippen LogP contribution in [0.5, 0.6) is 5.75 Å². The molecule has 0 radical (unpaired) electrons. The van der Waals surface area contributed by atoms with Gasteiger partial charge in [-0.15, -0.1) is 0 Å². The predicted octanol–water partition coefficient (Wildman–Crippen LogP) is 0.980. The molecule has 6 N–H and O–H groups in total. The monoisotopic (exact) mass is 474 g/mol. The Morgan fingerprint density at radius 1 is 1.18 bits per heavy atom. The first-order valence-corrected chi connectivity index (χ1v) is 10.5. The Labute approximate surface area is 192 Å². The van der Waals surface area contributed by atoms with Gasteiger partial charge in [0.25, 0.3) is 0 Å². The van der Waals surface area contributed by atoms with E-state index in [0.717, 1.165) is 19.9 Å². The number of rotatable bonds is 3. The molecule has 0 saturated carbocycles. The van der Waals surface area contributed by atoms with Gasteiger partial charge in [0.15, 0.2) is 22.9 Å². The summed E-state index contributed by atoms with van der Waals surface area (Å²) in [6.07, 6.45) is -0.289. The number of aromatic hydroxyl groups is 1. The highest BCUT2D eigenvalue weighted by atomic mass is 19.1. The van der Waals surface area contributed by atoms with Crippen LogP contribution in [0.1, 0.15) is 36.2 Å². The number of hydrogen-bond donors (Lipinski definition) is 6. The van der Waals surface area contributed by atoms with Crippen LogP contribution in [0.3, 0.4) is 0 Å². The third-order valence-electron chi connectivity index (χ3n) is 6.87. The lowest BCUT2D eigenvalue weighted by Gasteiger charge is -2.48. The van der Waals surface area contributed by atoms with Crippen molar-refractivity contribution in [1.29, 1.82) is 0 Å². The van der Waals surface area contributed by atoms with Gasteiger partial charge in [0, 0.05) is 30.0 Å². The quantitative estimate of drug-likeness (QED) is 0.276. The van der Waals surface area contributed by atoms with E-state index in [1.165, 1.54) is 7.05 Å². The first kappa shape index (κ1) is 23.6. The van der Waals surface area contributed by atoms with Crippen LogP contribution in [-0.2, 0) is 20.8 Å². The number of carbonyl (C=O) groups is 4. The second-order valence-electron chi connectivity index (χ2n) is 8.80. The molecule has 0 aromatic heterocycles. The SMILES string of the molecule is CN[C@@H]1C(O)=C(C(C)=O)C(=O)[C@@]2(O)C(O)=C3C(=O)c4c(O)c(NC(C)=O)cc(F)c4C[C@H]3C[C@@H]12. The molecule has 11 heteroatoms. The fourth-order valence-corrected chi connectivity index (χ4v) is 5.42. The molecule has 10 nitrogen and oxygen atoms in total. The van der Waals surface area contributed by atoms with E-state index < -0.39 is 86.5 Å². The van der Waals surface area contributed by atoms with Crippen molar-refractivity contribution in [3.63, 3.8) is 0 Å². The van der Waals surface area contributed by atoms with Gasteiger partial charge in [0.05, 0.1) is 17.3 Å². The maximum absolute atomic E-state index is 14.9. The number of phenolic OH excluding ortho intramolecular Hbond substituents is 1. The summed E-state index contributed by atoms with van der Waals surface area (Å²) < 4.78 is 14.9. The van der Waals surface area contributed by atoms with Gasteiger partial charge in [-0.05, 0) is 32.7 Å². The molecule has 0 saturated heterocycles. The van der Waals surface area contributed by atoms with Crippen molar-refractivity contribution in [2.24, 2.45) is 11.8 Å². The number of phenols is 1. The van der Waals surface area contributed by atoms with E-state index in [9.17, 15) is 44.0 Å². The lowest BCUT2D eigenvalue weighted by molar-refractivity contribution is -0.146. The zero-order valence-electron chi connectivity index (χ0n) is 18.5. The van der Waals surface area contributed by atoms with Gasteiger partial charge >= 0.3 is 0 Å². The number of hydrogen-bond acceptors (Lipinski definition) is 9. The van der Waals surface area contributed by atoms with Gasteiger partial charge in [0.2, 0.25) is 11.7 Å². The van der Waals surface area contributed by atoms with Gasteiger partial charge in [-0.1, -0.05) is 0 Å². The van der Waals surface area contributed by atoms with Gasteiger partial charge in [-0.25, -0.2) is 4.39 Å². The fourth-order valence-electron chi connectivity index (χ4n) is 5.42. The van der Waals surface area contributed by atoms with Crippen LogP contribution in [0.4, 0.5) is 10.1 Å². The Kier molecular flexibility index (Phi) is 5.37. The molecule has 0 spiro atoms. The average molecular weight is 474 g/mol. The molecule has 1 aromatic carbocycles.